The number of hydrogen-bond donors (Lipinski definition) is 1. The molecule has 1 N–H and O–H groups in total. The fourth-order valence-corrected chi connectivity index (χ4v) is 2.40. The van der Waals surface area contributed by atoms with Gasteiger partial charge in [0.2, 0.25) is 0 Å². The van der Waals surface area contributed by atoms with Crippen LogP contribution < -0.4 is 5.32 Å². The number of rotatable bonds is 4. The summed E-state index contributed by atoms with van der Waals surface area (Å²) in [7, 11) is 0. The molecule has 1 atom stereocenters. The molecular weight excluding hydrogens is 286 g/mol. The maximum absolute atomic E-state index is 3.55. The molecule has 0 aromatic heterocycles. The minimum atomic E-state index is 0.350. The average Bonchev–Trinajstić information content (AvgIpc) is 2.36. The largest absolute Gasteiger partial charge is 0.306 e. The number of hydrogen-bond acceptors (Lipinski definition) is 1. The van der Waals surface area contributed by atoms with Crippen molar-refractivity contribution < 1.29 is 0 Å². The molecule has 0 saturated carbocycles. The van der Waals surface area contributed by atoms with Crippen LogP contribution in [0.15, 0.2) is 53.0 Å². The third-order valence-corrected chi connectivity index (χ3v) is 3.54. The first-order chi connectivity index (χ1) is 8.65. The van der Waals surface area contributed by atoms with Gasteiger partial charge in [-0.2, -0.15) is 0 Å². The Morgan fingerprint density at radius 2 is 1.89 bits per heavy atom. The normalized spacial score (nSPS) is 12.4. The Morgan fingerprint density at radius 1 is 1.11 bits per heavy atom. The van der Waals surface area contributed by atoms with Crippen LogP contribution in [0.3, 0.4) is 0 Å². The Bertz CT molecular complexity index is 522. The summed E-state index contributed by atoms with van der Waals surface area (Å²) in [6, 6.07) is 17.4. The van der Waals surface area contributed by atoms with Crippen molar-refractivity contribution in [2.24, 2.45) is 0 Å². The van der Waals surface area contributed by atoms with Crippen molar-refractivity contribution in [3.05, 3.63) is 69.7 Å². The molecule has 0 heterocycles. The molecule has 0 bridgehead atoms. The minimum Gasteiger partial charge on any atom is -0.306 e. The molecule has 2 aromatic rings. The van der Waals surface area contributed by atoms with E-state index in [1.807, 2.05) is 0 Å². The van der Waals surface area contributed by atoms with Crippen molar-refractivity contribution >= 4 is 15.9 Å². The minimum absolute atomic E-state index is 0.350. The molecule has 0 aliphatic rings. The Morgan fingerprint density at radius 3 is 2.61 bits per heavy atom. The second-order valence-electron chi connectivity index (χ2n) is 4.65. The maximum Gasteiger partial charge on any atom is 0.0295 e. The van der Waals surface area contributed by atoms with Gasteiger partial charge in [-0.1, -0.05) is 57.9 Å². The number of halogens is 1. The van der Waals surface area contributed by atoms with Gasteiger partial charge in [0.05, 0.1) is 0 Å². The summed E-state index contributed by atoms with van der Waals surface area (Å²) < 4.78 is 1.13. The summed E-state index contributed by atoms with van der Waals surface area (Å²) >= 11 is 3.51. The lowest BCUT2D eigenvalue weighted by Crippen LogP contribution is -2.18. The first kappa shape index (κ1) is 13.3. The van der Waals surface area contributed by atoms with E-state index in [9.17, 15) is 0 Å². The predicted octanol–water partition coefficient (Wildman–Crippen LogP) is 4.61. The van der Waals surface area contributed by atoms with Crippen molar-refractivity contribution in [2.45, 2.75) is 26.4 Å². The Hall–Kier alpha value is -1.12. The predicted molar refractivity (Wildman–Crippen MR) is 80.6 cm³/mol. The van der Waals surface area contributed by atoms with Gasteiger partial charge in [0.15, 0.2) is 0 Å². The van der Waals surface area contributed by atoms with Crippen molar-refractivity contribution in [1.29, 1.82) is 0 Å². The molecule has 0 saturated heterocycles. The van der Waals surface area contributed by atoms with Gasteiger partial charge in [0.1, 0.15) is 0 Å². The molecule has 0 aliphatic carbocycles. The fourth-order valence-electron chi connectivity index (χ4n) is 1.99. The molecule has 0 amide bonds. The zero-order valence-electron chi connectivity index (χ0n) is 10.8. The van der Waals surface area contributed by atoms with Crippen molar-refractivity contribution in [3.8, 4) is 0 Å². The average molecular weight is 304 g/mol. The summed E-state index contributed by atoms with van der Waals surface area (Å²) in [5.41, 5.74) is 3.94. The number of nitrogens with one attached hydrogen (secondary N) is 1. The van der Waals surface area contributed by atoms with Gasteiger partial charge in [-0.05, 0) is 37.1 Å². The highest BCUT2D eigenvalue weighted by atomic mass is 79.9. The van der Waals surface area contributed by atoms with Crippen LogP contribution in [0.25, 0.3) is 0 Å². The maximum atomic E-state index is 3.55. The van der Waals surface area contributed by atoms with E-state index in [2.05, 4.69) is 83.6 Å². The molecule has 0 radical (unpaired) electrons. The van der Waals surface area contributed by atoms with E-state index in [1.54, 1.807) is 0 Å². The van der Waals surface area contributed by atoms with Gasteiger partial charge in [0, 0.05) is 17.1 Å². The molecule has 0 spiro atoms. The molecule has 1 nitrogen and oxygen atoms in total. The van der Waals surface area contributed by atoms with E-state index < -0.39 is 0 Å². The molecule has 0 unspecified atom stereocenters. The number of aryl methyl sites for hydroxylation is 1. The van der Waals surface area contributed by atoms with Crippen LogP contribution in [-0.4, -0.2) is 0 Å². The van der Waals surface area contributed by atoms with Crippen LogP contribution in [-0.2, 0) is 6.54 Å². The molecule has 0 aliphatic heterocycles. The summed E-state index contributed by atoms with van der Waals surface area (Å²) in [6.07, 6.45) is 0. The SMILES string of the molecule is Cc1cccc(CN[C@@H](C)c2cccc(Br)c2)c1. The zero-order chi connectivity index (χ0) is 13.0. The Kier molecular flexibility index (Phi) is 4.56. The second-order valence-corrected chi connectivity index (χ2v) is 5.56. The standard InChI is InChI=1S/C16H18BrN/c1-12-5-3-6-14(9-12)11-18-13(2)15-7-4-8-16(17)10-15/h3-10,13,18H,11H2,1-2H3/t13-/m0/s1. The first-order valence-corrected chi connectivity index (χ1v) is 6.99. The summed E-state index contributed by atoms with van der Waals surface area (Å²) in [5, 5.41) is 3.55. The van der Waals surface area contributed by atoms with Crippen LogP contribution in [0, 0.1) is 6.92 Å². The van der Waals surface area contributed by atoms with Gasteiger partial charge >= 0.3 is 0 Å². The molecule has 94 valence electrons. The number of benzene rings is 2. The molecular formula is C16H18BrN. The lowest BCUT2D eigenvalue weighted by atomic mass is 10.1. The van der Waals surface area contributed by atoms with Gasteiger partial charge in [-0.3, -0.25) is 0 Å². The molecule has 2 rings (SSSR count). The lowest BCUT2D eigenvalue weighted by Gasteiger charge is -2.15. The van der Waals surface area contributed by atoms with E-state index in [0.29, 0.717) is 6.04 Å². The quantitative estimate of drug-likeness (QED) is 0.870. The zero-order valence-corrected chi connectivity index (χ0v) is 12.4. The van der Waals surface area contributed by atoms with E-state index in [-0.39, 0.29) is 0 Å². The van der Waals surface area contributed by atoms with Crippen LogP contribution in [0.1, 0.15) is 29.7 Å². The molecule has 0 fully saturated rings. The van der Waals surface area contributed by atoms with Crippen LogP contribution in [0.5, 0.6) is 0 Å². The molecule has 18 heavy (non-hydrogen) atoms. The Balaban J connectivity index is 1.98. The highest BCUT2D eigenvalue weighted by Crippen LogP contribution is 2.18. The molecule has 2 heteroatoms. The highest BCUT2D eigenvalue weighted by molar-refractivity contribution is 9.10. The van der Waals surface area contributed by atoms with E-state index in [1.165, 1.54) is 16.7 Å². The van der Waals surface area contributed by atoms with Crippen LogP contribution in [0.2, 0.25) is 0 Å². The Labute approximate surface area is 117 Å². The van der Waals surface area contributed by atoms with Gasteiger partial charge in [-0.15, -0.1) is 0 Å². The topological polar surface area (TPSA) is 12.0 Å². The van der Waals surface area contributed by atoms with E-state index in [0.717, 1.165) is 11.0 Å². The van der Waals surface area contributed by atoms with Crippen molar-refractivity contribution in [2.75, 3.05) is 0 Å². The van der Waals surface area contributed by atoms with E-state index >= 15 is 0 Å². The van der Waals surface area contributed by atoms with Crippen LogP contribution >= 0.6 is 15.9 Å². The van der Waals surface area contributed by atoms with Crippen LogP contribution in [0.4, 0.5) is 0 Å². The monoisotopic (exact) mass is 303 g/mol. The molecule has 2 aromatic carbocycles. The third-order valence-electron chi connectivity index (χ3n) is 3.04. The summed E-state index contributed by atoms with van der Waals surface area (Å²) in [5.74, 6) is 0. The van der Waals surface area contributed by atoms with Gasteiger partial charge < -0.3 is 5.32 Å². The fraction of sp³-hybridized carbons (Fsp3) is 0.250. The summed E-state index contributed by atoms with van der Waals surface area (Å²) in [6.45, 7) is 5.22. The van der Waals surface area contributed by atoms with Gasteiger partial charge in [0.25, 0.3) is 0 Å². The third kappa shape index (κ3) is 3.69. The van der Waals surface area contributed by atoms with Crippen molar-refractivity contribution in [1.82, 2.24) is 5.32 Å². The first-order valence-electron chi connectivity index (χ1n) is 6.19. The lowest BCUT2D eigenvalue weighted by molar-refractivity contribution is 0.574. The summed E-state index contributed by atoms with van der Waals surface area (Å²) in [4.78, 5) is 0. The highest BCUT2D eigenvalue weighted by Gasteiger charge is 2.04. The van der Waals surface area contributed by atoms with Gasteiger partial charge in [-0.25, -0.2) is 0 Å². The van der Waals surface area contributed by atoms with Crippen molar-refractivity contribution in [3.63, 3.8) is 0 Å². The van der Waals surface area contributed by atoms with E-state index in [4.69, 9.17) is 0 Å². The second kappa shape index (κ2) is 6.17. The smallest absolute Gasteiger partial charge is 0.0295 e.